The topological polar surface area (TPSA) is 15.3 Å². The molecule has 2 nitrogen and oxygen atoms in total. The van der Waals surface area contributed by atoms with Gasteiger partial charge in [-0.15, -0.1) is 0 Å². The zero-order valence-electron chi connectivity index (χ0n) is 9.22. The van der Waals surface area contributed by atoms with E-state index in [4.69, 9.17) is 0 Å². The summed E-state index contributed by atoms with van der Waals surface area (Å²) in [7, 11) is 5.79. The molecule has 0 fully saturated rings. The molecule has 0 saturated heterocycles. The van der Waals surface area contributed by atoms with Gasteiger partial charge in [-0.05, 0) is 43.1 Å². The average molecular weight is 275 g/mol. The number of likely N-dealkylation sites (N-methyl/N-ethyl adjacent to an activating group) is 2. The fourth-order valence-corrected chi connectivity index (χ4v) is 1.88. The van der Waals surface area contributed by atoms with Crippen LogP contribution < -0.4 is 5.32 Å². The summed E-state index contributed by atoms with van der Waals surface area (Å²) < 4.78 is 14.3. The Hall–Kier alpha value is -0.450. The highest BCUT2D eigenvalue weighted by atomic mass is 79.9. The first-order valence-corrected chi connectivity index (χ1v) is 5.61. The van der Waals surface area contributed by atoms with Crippen molar-refractivity contribution in [2.24, 2.45) is 0 Å². The first kappa shape index (κ1) is 12.6. The van der Waals surface area contributed by atoms with Crippen molar-refractivity contribution >= 4 is 15.9 Å². The largest absolute Gasteiger partial charge is 0.312 e. The van der Waals surface area contributed by atoms with Crippen LogP contribution in [0.25, 0.3) is 0 Å². The summed E-state index contributed by atoms with van der Waals surface area (Å²) in [6.07, 6.45) is 0. The molecule has 1 aromatic rings. The number of benzene rings is 1. The first-order valence-electron chi connectivity index (χ1n) is 4.82. The molecule has 1 rings (SSSR count). The number of nitrogens with zero attached hydrogens (tertiary/aromatic N) is 1. The molecular weight excluding hydrogens is 259 g/mol. The van der Waals surface area contributed by atoms with Crippen molar-refractivity contribution in [1.29, 1.82) is 0 Å². The van der Waals surface area contributed by atoms with E-state index in [1.54, 1.807) is 6.07 Å². The highest BCUT2D eigenvalue weighted by Gasteiger charge is 2.15. The van der Waals surface area contributed by atoms with Gasteiger partial charge >= 0.3 is 0 Å². The Kier molecular flexibility index (Phi) is 4.70. The average Bonchev–Trinajstić information content (AvgIpc) is 2.19. The summed E-state index contributed by atoms with van der Waals surface area (Å²) in [6, 6.07) is 5.38. The zero-order chi connectivity index (χ0) is 11.4. The molecule has 0 amide bonds. The van der Waals surface area contributed by atoms with Crippen molar-refractivity contribution in [3.8, 4) is 0 Å². The lowest BCUT2D eigenvalue weighted by Crippen LogP contribution is -2.29. The van der Waals surface area contributed by atoms with E-state index < -0.39 is 0 Å². The second-order valence-corrected chi connectivity index (χ2v) is 4.60. The molecule has 1 atom stereocenters. The van der Waals surface area contributed by atoms with Crippen LogP contribution in [0.15, 0.2) is 22.7 Å². The Labute approximate surface area is 98.6 Å². The van der Waals surface area contributed by atoms with Crippen LogP contribution in [0.4, 0.5) is 4.39 Å². The first-order chi connectivity index (χ1) is 7.06. The molecule has 1 unspecified atom stereocenters. The minimum absolute atomic E-state index is 0.0116. The summed E-state index contributed by atoms with van der Waals surface area (Å²) >= 11 is 3.19. The Morgan fingerprint density at radius 3 is 2.67 bits per heavy atom. The Balaban J connectivity index is 2.96. The summed E-state index contributed by atoms with van der Waals surface area (Å²) in [5.74, 6) is -0.182. The van der Waals surface area contributed by atoms with Gasteiger partial charge in [-0.2, -0.15) is 0 Å². The van der Waals surface area contributed by atoms with Crippen molar-refractivity contribution < 1.29 is 4.39 Å². The van der Waals surface area contributed by atoms with E-state index in [0.29, 0.717) is 10.0 Å². The maximum atomic E-state index is 13.8. The number of hydrogen-bond donors (Lipinski definition) is 1. The van der Waals surface area contributed by atoms with Gasteiger partial charge in [0.05, 0.1) is 4.47 Å². The quantitative estimate of drug-likeness (QED) is 0.907. The summed E-state index contributed by atoms with van der Waals surface area (Å²) in [5.41, 5.74) is 0.695. The van der Waals surface area contributed by atoms with E-state index in [9.17, 15) is 4.39 Å². The van der Waals surface area contributed by atoms with Gasteiger partial charge < -0.3 is 10.2 Å². The van der Waals surface area contributed by atoms with Gasteiger partial charge in [-0.1, -0.05) is 12.1 Å². The van der Waals surface area contributed by atoms with Crippen LogP contribution in [0.1, 0.15) is 11.6 Å². The Morgan fingerprint density at radius 2 is 2.13 bits per heavy atom. The molecule has 0 saturated carbocycles. The van der Waals surface area contributed by atoms with Crippen LogP contribution >= 0.6 is 15.9 Å². The van der Waals surface area contributed by atoms with Crippen molar-refractivity contribution in [3.63, 3.8) is 0 Å². The molecular formula is C11H16BrFN2. The predicted molar refractivity (Wildman–Crippen MR) is 64.5 cm³/mol. The van der Waals surface area contributed by atoms with Gasteiger partial charge in [0.2, 0.25) is 0 Å². The standard InChI is InChI=1S/C11H16BrFN2/c1-14-10(7-15(2)3)8-5-4-6-9(12)11(8)13/h4-6,10,14H,7H2,1-3H3. The number of hydrogen-bond acceptors (Lipinski definition) is 2. The Bertz CT molecular complexity index is 328. The lowest BCUT2D eigenvalue weighted by molar-refractivity contribution is 0.347. The minimum atomic E-state index is -0.182. The van der Waals surface area contributed by atoms with Gasteiger partial charge in [-0.3, -0.25) is 0 Å². The molecule has 0 aliphatic carbocycles. The second-order valence-electron chi connectivity index (χ2n) is 3.75. The zero-order valence-corrected chi connectivity index (χ0v) is 10.8. The summed E-state index contributed by atoms with van der Waals surface area (Å²) in [6.45, 7) is 0.768. The second kappa shape index (κ2) is 5.58. The molecule has 0 aromatic heterocycles. The maximum absolute atomic E-state index is 13.8. The van der Waals surface area contributed by atoms with Crippen LogP contribution in [0.5, 0.6) is 0 Å². The fraction of sp³-hybridized carbons (Fsp3) is 0.455. The van der Waals surface area contributed by atoms with Crippen LogP contribution in [0, 0.1) is 5.82 Å². The SMILES string of the molecule is CNC(CN(C)C)c1cccc(Br)c1F. The monoisotopic (exact) mass is 274 g/mol. The molecule has 0 radical (unpaired) electrons. The maximum Gasteiger partial charge on any atom is 0.142 e. The van der Waals surface area contributed by atoms with Gasteiger partial charge in [0.25, 0.3) is 0 Å². The van der Waals surface area contributed by atoms with Crippen molar-refractivity contribution in [2.75, 3.05) is 27.7 Å². The normalized spacial score (nSPS) is 13.2. The van der Waals surface area contributed by atoms with E-state index >= 15 is 0 Å². The van der Waals surface area contributed by atoms with E-state index in [2.05, 4.69) is 21.2 Å². The van der Waals surface area contributed by atoms with Crippen LogP contribution in [-0.4, -0.2) is 32.6 Å². The van der Waals surface area contributed by atoms with Crippen LogP contribution in [-0.2, 0) is 0 Å². The number of rotatable bonds is 4. The van der Waals surface area contributed by atoms with E-state index in [1.165, 1.54) is 0 Å². The van der Waals surface area contributed by atoms with Crippen molar-refractivity contribution in [3.05, 3.63) is 34.1 Å². The third-order valence-corrected chi connectivity index (χ3v) is 2.87. The summed E-state index contributed by atoms with van der Waals surface area (Å²) in [4.78, 5) is 2.03. The van der Waals surface area contributed by atoms with Gasteiger partial charge in [-0.25, -0.2) is 4.39 Å². The van der Waals surface area contributed by atoms with E-state index in [1.807, 2.05) is 38.2 Å². The lowest BCUT2D eigenvalue weighted by Gasteiger charge is -2.21. The highest BCUT2D eigenvalue weighted by Crippen LogP contribution is 2.23. The van der Waals surface area contributed by atoms with E-state index in [0.717, 1.165) is 6.54 Å². The molecule has 1 aromatic carbocycles. The molecule has 0 aliphatic heterocycles. The molecule has 4 heteroatoms. The molecule has 0 heterocycles. The van der Waals surface area contributed by atoms with Gasteiger partial charge in [0.1, 0.15) is 5.82 Å². The molecule has 0 bridgehead atoms. The third-order valence-electron chi connectivity index (χ3n) is 2.25. The smallest absolute Gasteiger partial charge is 0.142 e. The molecule has 84 valence electrons. The van der Waals surface area contributed by atoms with Crippen LogP contribution in [0.3, 0.4) is 0 Å². The van der Waals surface area contributed by atoms with Crippen molar-refractivity contribution in [1.82, 2.24) is 10.2 Å². The van der Waals surface area contributed by atoms with Gasteiger partial charge in [0, 0.05) is 18.2 Å². The summed E-state index contributed by atoms with van der Waals surface area (Å²) in [5, 5.41) is 3.12. The highest BCUT2D eigenvalue weighted by molar-refractivity contribution is 9.10. The minimum Gasteiger partial charge on any atom is -0.312 e. The molecule has 0 aliphatic rings. The number of halogens is 2. The molecule has 0 spiro atoms. The van der Waals surface area contributed by atoms with Crippen molar-refractivity contribution in [2.45, 2.75) is 6.04 Å². The van der Waals surface area contributed by atoms with Gasteiger partial charge in [0.15, 0.2) is 0 Å². The lowest BCUT2D eigenvalue weighted by atomic mass is 10.1. The number of nitrogens with one attached hydrogen (secondary N) is 1. The Morgan fingerprint density at radius 1 is 1.47 bits per heavy atom. The van der Waals surface area contributed by atoms with Crippen LogP contribution in [0.2, 0.25) is 0 Å². The fourth-order valence-electron chi connectivity index (χ4n) is 1.50. The third kappa shape index (κ3) is 3.26. The molecule has 15 heavy (non-hydrogen) atoms. The molecule has 1 N–H and O–H groups in total. The predicted octanol–water partition coefficient (Wildman–Crippen LogP) is 2.41. The van der Waals surface area contributed by atoms with E-state index in [-0.39, 0.29) is 11.9 Å².